The minimum absolute atomic E-state index is 0.00938. The number of amides is 1. The summed E-state index contributed by atoms with van der Waals surface area (Å²) in [4.78, 5) is 21.3. The van der Waals surface area contributed by atoms with Gasteiger partial charge in [-0.25, -0.2) is 0 Å². The van der Waals surface area contributed by atoms with Crippen LogP contribution in [-0.4, -0.2) is 57.2 Å². The lowest BCUT2D eigenvalue weighted by Gasteiger charge is -2.33. The molecule has 2 aromatic rings. The first-order chi connectivity index (χ1) is 12.0. The molecule has 1 aliphatic heterocycles. The standard InChI is InChI=1S/C17H25N5O3/c1-5-13-15(12(4)24-19-13)17(23)22-8-6-21(7-9-22)10-14-18-16(11(2)3)20-25-14/h11H,5-10H2,1-4H3. The zero-order valence-electron chi connectivity index (χ0n) is 15.3. The molecular formula is C17H25N5O3. The van der Waals surface area contributed by atoms with Gasteiger partial charge in [0.15, 0.2) is 5.82 Å². The highest BCUT2D eigenvalue weighted by atomic mass is 16.5. The van der Waals surface area contributed by atoms with Crippen LogP contribution < -0.4 is 0 Å². The number of aromatic nitrogens is 3. The SMILES string of the molecule is CCc1noc(C)c1C(=O)N1CCN(Cc2nc(C(C)C)no2)CC1. The Bertz CT molecular complexity index is 728. The third-order valence-electron chi connectivity index (χ3n) is 4.50. The zero-order valence-corrected chi connectivity index (χ0v) is 15.3. The van der Waals surface area contributed by atoms with Crippen molar-refractivity contribution in [3.05, 3.63) is 28.7 Å². The van der Waals surface area contributed by atoms with Crippen molar-refractivity contribution in [2.24, 2.45) is 0 Å². The smallest absolute Gasteiger partial charge is 0.259 e. The summed E-state index contributed by atoms with van der Waals surface area (Å²) in [6, 6.07) is 0. The van der Waals surface area contributed by atoms with Gasteiger partial charge in [0.05, 0.1) is 12.2 Å². The van der Waals surface area contributed by atoms with Crippen molar-refractivity contribution in [1.29, 1.82) is 0 Å². The molecule has 25 heavy (non-hydrogen) atoms. The minimum Gasteiger partial charge on any atom is -0.361 e. The second kappa shape index (κ2) is 7.35. The molecule has 0 aromatic carbocycles. The van der Waals surface area contributed by atoms with Gasteiger partial charge in [-0.1, -0.05) is 31.1 Å². The van der Waals surface area contributed by atoms with Crippen molar-refractivity contribution in [1.82, 2.24) is 25.1 Å². The molecule has 3 rings (SSSR count). The van der Waals surface area contributed by atoms with Crippen molar-refractivity contribution in [3.63, 3.8) is 0 Å². The maximum Gasteiger partial charge on any atom is 0.259 e. The molecule has 2 aromatic heterocycles. The summed E-state index contributed by atoms with van der Waals surface area (Å²) in [6.07, 6.45) is 0.688. The Kier molecular flexibility index (Phi) is 5.17. The van der Waals surface area contributed by atoms with E-state index in [0.29, 0.717) is 43.3 Å². The summed E-state index contributed by atoms with van der Waals surface area (Å²) in [6.45, 7) is 11.3. The second-order valence-corrected chi connectivity index (χ2v) is 6.68. The highest BCUT2D eigenvalue weighted by Crippen LogP contribution is 2.18. The van der Waals surface area contributed by atoms with Crippen LogP contribution >= 0.6 is 0 Å². The van der Waals surface area contributed by atoms with Gasteiger partial charge in [0, 0.05) is 32.1 Å². The molecule has 1 amide bonds. The first kappa shape index (κ1) is 17.6. The molecule has 0 unspecified atom stereocenters. The van der Waals surface area contributed by atoms with Crippen LogP contribution in [0, 0.1) is 6.92 Å². The maximum absolute atomic E-state index is 12.8. The quantitative estimate of drug-likeness (QED) is 0.817. The van der Waals surface area contributed by atoms with E-state index in [9.17, 15) is 4.79 Å². The van der Waals surface area contributed by atoms with Crippen LogP contribution in [0.15, 0.2) is 9.05 Å². The van der Waals surface area contributed by atoms with Crippen LogP contribution in [0.3, 0.4) is 0 Å². The lowest BCUT2D eigenvalue weighted by atomic mass is 10.1. The number of carbonyl (C=O) groups excluding carboxylic acids is 1. The topological polar surface area (TPSA) is 88.5 Å². The Morgan fingerprint density at radius 1 is 1.16 bits per heavy atom. The van der Waals surface area contributed by atoms with E-state index in [2.05, 4.69) is 20.2 Å². The predicted octanol–water partition coefficient (Wildman–Crippen LogP) is 2.01. The van der Waals surface area contributed by atoms with Crippen molar-refractivity contribution in [3.8, 4) is 0 Å². The van der Waals surface area contributed by atoms with E-state index in [1.165, 1.54) is 0 Å². The van der Waals surface area contributed by atoms with E-state index in [-0.39, 0.29) is 11.8 Å². The molecule has 0 spiro atoms. The van der Waals surface area contributed by atoms with Crippen LogP contribution in [0.2, 0.25) is 0 Å². The lowest BCUT2D eigenvalue weighted by Crippen LogP contribution is -2.48. The molecule has 0 atom stereocenters. The fraction of sp³-hybridized carbons (Fsp3) is 0.647. The third-order valence-corrected chi connectivity index (χ3v) is 4.50. The number of carbonyl (C=O) groups is 1. The fourth-order valence-electron chi connectivity index (χ4n) is 2.96. The van der Waals surface area contributed by atoms with Crippen LogP contribution in [0.5, 0.6) is 0 Å². The van der Waals surface area contributed by atoms with Gasteiger partial charge in [-0.3, -0.25) is 9.69 Å². The Morgan fingerprint density at radius 3 is 2.48 bits per heavy atom. The van der Waals surface area contributed by atoms with Gasteiger partial charge in [-0.05, 0) is 13.3 Å². The van der Waals surface area contributed by atoms with Crippen molar-refractivity contribution < 1.29 is 13.8 Å². The molecule has 1 aliphatic rings. The third kappa shape index (κ3) is 3.73. The molecular weight excluding hydrogens is 322 g/mol. The summed E-state index contributed by atoms with van der Waals surface area (Å²) in [5.41, 5.74) is 1.35. The number of hydrogen-bond donors (Lipinski definition) is 0. The first-order valence-corrected chi connectivity index (χ1v) is 8.78. The van der Waals surface area contributed by atoms with E-state index in [0.717, 1.165) is 24.6 Å². The van der Waals surface area contributed by atoms with Crippen LogP contribution in [0.1, 0.15) is 60.2 Å². The largest absolute Gasteiger partial charge is 0.361 e. The lowest BCUT2D eigenvalue weighted by molar-refractivity contribution is 0.0612. The van der Waals surface area contributed by atoms with E-state index in [1.54, 1.807) is 6.92 Å². The van der Waals surface area contributed by atoms with E-state index >= 15 is 0 Å². The van der Waals surface area contributed by atoms with Crippen LogP contribution in [0.4, 0.5) is 0 Å². The maximum atomic E-state index is 12.8. The molecule has 0 bridgehead atoms. The monoisotopic (exact) mass is 347 g/mol. The summed E-state index contributed by atoms with van der Waals surface area (Å²) in [5.74, 6) is 2.23. The Hall–Kier alpha value is -2.22. The summed E-state index contributed by atoms with van der Waals surface area (Å²) in [7, 11) is 0. The molecule has 1 saturated heterocycles. The molecule has 8 nitrogen and oxygen atoms in total. The predicted molar refractivity (Wildman–Crippen MR) is 90.2 cm³/mol. The minimum atomic E-state index is 0.00938. The van der Waals surface area contributed by atoms with Crippen molar-refractivity contribution in [2.75, 3.05) is 26.2 Å². The zero-order chi connectivity index (χ0) is 18.0. The first-order valence-electron chi connectivity index (χ1n) is 8.78. The average molecular weight is 347 g/mol. The van der Waals surface area contributed by atoms with E-state index < -0.39 is 0 Å². The number of rotatable bonds is 5. The molecule has 1 fully saturated rings. The van der Waals surface area contributed by atoms with Crippen molar-refractivity contribution >= 4 is 5.91 Å². The van der Waals surface area contributed by atoms with Crippen molar-refractivity contribution in [2.45, 2.75) is 46.6 Å². The summed E-state index contributed by atoms with van der Waals surface area (Å²) >= 11 is 0. The van der Waals surface area contributed by atoms with Gasteiger partial charge in [0.1, 0.15) is 11.3 Å². The highest BCUT2D eigenvalue weighted by Gasteiger charge is 2.28. The van der Waals surface area contributed by atoms with Gasteiger partial charge in [-0.15, -0.1) is 0 Å². The van der Waals surface area contributed by atoms with E-state index in [4.69, 9.17) is 9.05 Å². The molecule has 0 N–H and O–H groups in total. The van der Waals surface area contributed by atoms with Gasteiger partial charge in [0.25, 0.3) is 5.91 Å². The number of nitrogens with zero attached hydrogens (tertiary/aromatic N) is 5. The molecule has 0 radical (unpaired) electrons. The number of aryl methyl sites for hydroxylation is 2. The van der Waals surface area contributed by atoms with E-state index in [1.807, 2.05) is 25.7 Å². The van der Waals surface area contributed by atoms with Crippen LogP contribution in [0.25, 0.3) is 0 Å². The van der Waals surface area contributed by atoms with Crippen LogP contribution in [-0.2, 0) is 13.0 Å². The molecule has 136 valence electrons. The van der Waals surface area contributed by atoms with Gasteiger partial charge in [0.2, 0.25) is 5.89 Å². The summed E-state index contributed by atoms with van der Waals surface area (Å²) in [5, 5.41) is 7.97. The average Bonchev–Trinajstić information content (AvgIpc) is 3.21. The number of piperazine rings is 1. The molecule has 0 aliphatic carbocycles. The summed E-state index contributed by atoms with van der Waals surface area (Å²) < 4.78 is 10.5. The molecule has 3 heterocycles. The Labute approximate surface area is 147 Å². The Balaban J connectivity index is 1.58. The number of hydrogen-bond acceptors (Lipinski definition) is 7. The fourth-order valence-corrected chi connectivity index (χ4v) is 2.96. The van der Waals surface area contributed by atoms with Gasteiger partial charge < -0.3 is 13.9 Å². The highest BCUT2D eigenvalue weighted by molar-refractivity contribution is 5.96. The van der Waals surface area contributed by atoms with Gasteiger partial charge in [-0.2, -0.15) is 4.98 Å². The second-order valence-electron chi connectivity index (χ2n) is 6.68. The Morgan fingerprint density at radius 2 is 1.88 bits per heavy atom. The van der Waals surface area contributed by atoms with Gasteiger partial charge >= 0.3 is 0 Å². The molecule has 8 heteroatoms. The molecule has 0 saturated carbocycles. The normalized spacial score (nSPS) is 16.0.